The van der Waals surface area contributed by atoms with Crippen LogP contribution in [0.3, 0.4) is 0 Å². The number of H-pyrrole nitrogens is 1. The normalized spacial score (nSPS) is 41.9. The first kappa shape index (κ1) is 22.0. The maximum atomic E-state index is 11.1. The summed E-state index contributed by atoms with van der Waals surface area (Å²) in [5.41, 5.74) is 6.03. The van der Waals surface area contributed by atoms with E-state index >= 15 is 0 Å². The molecule has 6 heteroatoms. The van der Waals surface area contributed by atoms with E-state index in [0.29, 0.717) is 5.92 Å². The van der Waals surface area contributed by atoms with Crippen LogP contribution < -0.4 is 0 Å². The summed E-state index contributed by atoms with van der Waals surface area (Å²) in [6, 6.07) is 6.54. The van der Waals surface area contributed by atoms with Crippen molar-refractivity contribution in [3.63, 3.8) is 0 Å². The summed E-state index contributed by atoms with van der Waals surface area (Å²) in [4.78, 5) is 2.03. The SMILES string of the molecule is Cc1[nH]nc2cc(C3=CC[C@@H]4[C@]3(C)CC=C3C=C5[C@@H](O)[C@H](O)[C@@H](N(C)C)C[C@]56CC[C@@]34O6)ccc12. The Labute approximate surface area is 206 Å². The minimum absolute atomic E-state index is 0.0207. The number of aromatic amines is 1. The van der Waals surface area contributed by atoms with Crippen molar-refractivity contribution in [1.82, 2.24) is 15.1 Å². The Balaban J connectivity index is 1.30. The third kappa shape index (κ3) is 2.66. The number of ether oxygens (including phenoxy) is 1. The number of fused-ring (bicyclic) bond motifs is 2. The lowest BCUT2D eigenvalue weighted by atomic mass is 9.58. The van der Waals surface area contributed by atoms with Crippen molar-refractivity contribution in [3.8, 4) is 0 Å². The lowest BCUT2D eigenvalue weighted by molar-refractivity contribution is -0.161. The highest BCUT2D eigenvalue weighted by atomic mass is 16.5. The summed E-state index contributed by atoms with van der Waals surface area (Å²) in [5, 5.41) is 30.8. The number of hydrogen-bond donors (Lipinski definition) is 3. The Bertz CT molecular complexity index is 1340. The second-order valence-corrected chi connectivity index (χ2v) is 12.0. The van der Waals surface area contributed by atoms with Crippen molar-refractivity contribution in [2.45, 2.75) is 75.4 Å². The van der Waals surface area contributed by atoms with Crippen LogP contribution in [0.2, 0.25) is 0 Å². The van der Waals surface area contributed by atoms with Crippen LogP contribution in [0, 0.1) is 18.3 Å². The molecule has 0 unspecified atom stereocenters. The van der Waals surface area contributed by atoms with Gasteiger partial charge in [-0.15, -0.1) is 0 Å². The van der Waals surface area contributed by atoms with Crippen LogP contribution in [0.4, 0.5) is 0 Å². The number of aromatic nitrogens is 2. The second-order valence-electron chi connectivity index (χ2n) is 12.0. The fourth-order valence-corrected chi connectivity index (χ4v) is 8.26. The summed E-state index contributed by atoms with van der Waals surface area (Å²) in [6.45, 7) is 4.47. The Morgan fingerprint density at radius 1 is 1.17 bits per heavy atom. The Morgan fingerprint density at radius 2 is 2.00 bits per heavy atom. The summed E-state index contributed by atoms with van der Waals surface area (Å²) < 4.78 is 7.23. The Kier molecular flexibility index (Phi) is 4.36. The van der Waals surface area contributed by atoms with Gasteiger partial charge in [0, 0.05) is 28.5 Å². The van der Waals surface area contributed by atoms with Crippen molar-refractivity contribution in [2.24, 2.45) is 11.3 Å². The summed E-state index contributed by atoms with van der Waals surface area (Å²) >= 11 is 0. The van der Waals surface area contributed by atoms with E-state index in [0.717, 1.165) is 48.9 Å². The molecule has 2 aromatic rings. The molecular formula is C29H35N3O3. The number of nitrogens with zero attached hydrogens (tertiary/aromatic N) is 2. The van der Waals surface area contributed by atoms with Gasteiger partial charge in [0.05, 0.1) is 22.8 Å². The molecule has 35 heavy (non-hydrogen) atoms. The number of benzene rings is 1. The highest BCUT2D eigenvalue weighted by Crippen LogP contribution is 2.67. The molecule has 0 amide bonds. The molecule has 2 aliphatic heterocycles. The van der Waals surface area contributed by atoms with E-state index in [2.05, 4.69) is 60.5 Å². The fourth-order valence-electron chi connectivity index (χ4n) is 8.26. The van der Waals surface area contributed by atoms with Gasteiger partial charge in [0.2, 0.25) is 0 Å². The van der Waals surface area contributed by atoms with Gasteiger partial charge < -0.3 is 19.8 Å². The van der Waals surface area contributed by atoms with Gasteiger partial charge in [-0.05, 0) is 81.5 Å². The Morgan fingerprint density at radius 3 is 2.80 bits per heavy atom. The topological polar surface area (TPSA) is 81.6 Å². The molecule has 2 fully saturated rings. The van der Waals surface area contributed by atoms with E-state index in [4.69, 9.17) is 4.74 Å². The predicted molar refractivity (Wildman–Crippen MR) is 136 cm³/mol. The van der Waals surface area contributed by atoms with Crippen LogP contribution in [0.25, 0.3) is 16.5 Å². The smallest absolute Gasteiger partial charge is 0.105 e. The van der Waals surface area contributed by atoms with Gasteiger partial charge in [-0.1, -0.05) is 37.3 Å². The number of rotatable bonds is 2. The molecule has 2 spiro atoms. The second kappa shape index (κ2) is 6.94. The fraction of sp³-hybridized carbons (Fsp3) is 0.552. The molecule has 2 bridgehead atoms. The van der Waals surface area contributed by atoms with E-state index in [1.807, 2.05) is 19.0 Å². The lowest BCUT2D eigenvalue weighted by Gasteiger charge is -2.55. The summed E-state index contributed by atoms with van der Waals surface area (Å²) in [5.74, 6) is 0.348. The van der Waals surface area contributed by atoms with Gasteiger partial charge >= 0.3 is 0 Å². The molecule has 184 valence electrons. The standard InChI is InChI=1S/C29H35N3O3/c1-16-19-6-5-17(13-22(19)31-30-16)20-7-8-24-27(20,2)10-9-18-14-21-25(33)26(34)23(32(3)4)15-28(21)11-12-29(18,24)35-28/h5-7,9,13-14,23-26,33-34H,8,10-12,15H2,1-4H3,(H,30,31)/t23-,24+,25+,26+,27+,28+,29+/m0/s1. The molecule has 1 saturated heterocycles. The van der Waals surface area contributed by atoms with Crippen LogP contribution in [0.15, 0.2) is 47.6 Å². The quantitative estimate of drug-likeness (QED) is 0.617. The zero-order chi connectivity index (χ0) is 24.3. The average Bonchev–Trinajstić information content (AvgIpc) is 3.48. The lowest BCUT2D eigenvalue weighted by Crippen LogP contribution is -2.61. The van der Waals surface area contributed by atoms with Crippen molar-refractivity contribution >= 4 is 16.5 Å². The maximum absolute atomic E-state index is 11.1. The van der Waals surface area contributed by atoms with Crippen LogP contribution in [-0.4, -0.2) is 68.9 Å². The number of aliphatic hydroxyl groups excluding tert-OH is 2. The number of aryl methyl sites for hydroxylation is 1. The van der Waals surface area contributed by atoms with Crippen molar-refractivity contribution in [3.05, 3.63) is 58.8 Å². The molecular weight excluding hydrogens is 438 g/mol. The first-order valence-electron chi connectivity index (χ1n) is 13.0. The predicted octanol–water partition coefficient (Wildman–Crippen LogP) is 3.89. The highest BCUT2D eigenvalue weighted by Gasteiger charge is 2.67. The van der Waals surface area contributed by atoms with Gasteiger partial charge in [0.15, 0.2) is 0 Å². The molecule has 0 radical (unpaired) electrons. The number of aliphatic hydroxyl groups is 2. The van der Waals surface area contributed by atoms with Gasteiger partial charge in [-0.25, -0.2) is 0 Å². The van der Waals surface area contributed by atoms with Crippen molar-refractivity contribution < 1.29 is 14.9 Å². The highest BCUT2D eigenvalue weighted by molar-refractivity contribution is 5.86. The number of likely N-dealkylation sites (N-methyl/N-ethyl adjacent to an activating group) is 1. The third-order valence-corrected chi connectivity index (χ3v) is 10.1. The Hall–Kier alpha value is -2.25. The van der Waals surface area contributed by atoms with Crippen molar-refractivity contribution in [2.75, 3.05) is 14.1 Å². The molecule has 7 atom stereocenters. The van der Waals surface area contributed by atoms with Gasteiger partial charge in [-0.3, -0.25) is 5.10 Å². The van der Waals surface area contributed by atoms with E-state index in [1.165, 1.54) is 22.1 Å². The summed E-state index contributed by atoms with van der Waals surface area (Å²) in [6.07, 6.45) is 9.81. The van der Waals surface area contributed by atoms with Crippen LogP contribution >= 0.6 is 0 Å². The van der Waals surface area contributed by atoms with Crippen molar-refractivity contribution in [1.29, 1.82) is 0 Å². The minimum Gasteiger partial charge on any atom is -0.388 e. The van der Waals surface area contributed by atoms with Gasteiger partial charge in [0.1, 0.15) is 6.10 Å². The van der Waals surface area contributed by atoms with E-state index in [1.54, 1.807) is 0 Å². The van der Waals surface area contributed by atoms with Gasteiger partial charge in [-0.2, -0.15) is 5.10 Å². The van der Waals surface area contributed by atoms with Gasteiger partial charge in [0.25, 0.3) is 0 Å². The van der Waals surface area contributed by atoms with Crippen LogP contribution in [-0.2, 0) is 4.74 Å². The summed E-state index contributed by atoms with van der Waals surface area (Å²) in [7, 11) is 3.96. The molecule has 7 rings (SSSR count). The molecule has 5 aliphatic rings. The molecule has 1 saturated carbocycles. The van der Waals surface area contributed by atoms with E-state index in [9.17, 15) is 10.2 Å². The number of hydrogen-bond acceptors (Lipinski definition) is 5. The third-order valence-electron chi connectivity index (χ3n) is 10.1. The molecule has 3 aliphatic carbocycles. The number of nitrogens with one attached hydrogen (secondary N) is 1. The maximum Gasteiger partial charge on any atom is 0.105 e. The zero-order valence-electron chi connectivity index (χ0n) is 21.0. The molecule has 6 nitrogen and oxygen atoms in total. The largest absolute Gasteiger partial charge is 0.388 e. The first-order chi connectivity index (χ1) is 16.7. The molecule has 1 aromatic carbocycles. The average molecular weight is 474 g/mol. The minimum atomic E-state index is -0.886. The molecule has 1 aromatic heterocycles. The van der Waals surface area contributed by atoms with Crippen LogP contribution in [0.1, 0.15) is 50.3 Å². The van der Waals surface area contributed by atoms with E-state index < -0.39 is 17.8 Å². The number of allylic oxidation sites excluding steroid dienone is 3. The van der Waals surface area contributed by atoms with E-state index in [-0.39, 0.29) is 17.1 Å². The first-order valence-corrected chi connectivity index (χ1v) is 13.0. The monoisotopic (exact) mass is 473 g/mol. The molecule has 3 heterocycles. The van der Waals surface area contributed by atoms with Crippen LogP contribution in [0.5, 0.6) is 0 Å². The zero-order valence-corrected chi connectivity index (χ0v) is 21.0. The molecule has 3 N–H and O–H groups in total.